The number of methoxy groups -OCH3 is 1. The van der Waals surface area contributed by atoms with E-state index in [1.807, 2.05) is 36.4 Å². The van der Waals surface area contributed by atoms with Crippen LogP contribution in [0.5, 0.6) is 5.75 Å². The number of nitro benzene ring substituents is 1. The monoisotopic (exact) mass is 456 g/mol. The highest BCUT2D eigenvalue weighted by molar-refractivity contribution is 6.11. The zero-order chi connectivity index (χ0) is 24.2. The Morgan fingerprint density at radius 1 is 1.00 bits per heavy atom. The predicted octanol–water partition coefficient (Wildman–Crippen LogP) is 4.28. The van der Waals surface area contributed by atoms with Crippen LogP contribution in [0, 0.1) is 10.1 Å². The molecule has 9 heteroatoms. The molecule has 4 aromatic rings. The predicted molar refractivity (Wildman–Crippen MR) is 128 cm³/mol. The van der Waals surface area contributed by atoms with Gasteiger partial charge in [-0.25, -0.2) is 4.68 Å². The summed E-state index contributed by atoms with van der Waals surface area (Å²) < 4.78 is 6.14. The van der Waals surface area contributed by atoms with E-state index in [0.717, 1.165) is 4.68 Å². The average molecular weight is 456 g/mol. The zero-order valence-electron chi connectivity index (χ0n) is 18.4. The van der Waals surface area contributed by atoms with Crippen LogP contribution in [-0.4, -0.2) is 27.7 Å². The van der Waals surface area contributed by atoms with Gasteiger partial charge >= 0.3 is 0 Å². The fraction of sp³-hybridized carbons (Fsp3) is 0.0800. The van der Waals surface area contributed by atoms with Gasteiger partial charge in [0.25, 0.3) is 17.2 Å². The lowest BCUT2D eigenvalue weighted by Gasteiger charge is -2.16. The summed E-state index contributed by atoms with van der Waals surface area (Å²) in [6.07, 6.45) is 0. The number of rotatable bonds is 6. The molecule has 0 fully saturated rings. The maximum Gasteiger partial charge on any atom is 0.296 e. The van der Waals surface area contributed by atoms with E-state index in [-0.39, 0.29) is 22.7 Å². The second kappa shape index (κ2) is 9.37. The number of hydrogen-bond donors (Lipinski definition) is 1. The number of nitrogens with zero attached hydrogens (tertiary/aromatic N) is 3. The Balaban J connectivity index is 1.93. The molecule has 1 amide bonds. The molecule has 1 N–H and O–H groups in total. The van der Waals surface area contributed by atoms with E-state index in [1.165, 1.54) is 32.4 Å². The summed E-state index contributed by atoms with van der Waals surface area (Å²) in [4.78, 5) is 37.6. The summed E-state index contributed by atoms with van der Waals surface area (Å²) in [6.45, 7) is 0. The number of aromatic nitrogens is 2. The maximum atomic E-state index is 13.5. The second-order valence-electron chi connectivity index (χ2n) is 7.35. The minimum absolute atomic E-state index is 0.0602. The highest BCUT2D eigenvalue weighted by Crippen LogP contribution is 2.33. The van der Waals surface area contributed by atoms with E-state index in [4.69, 9.17) is 4.74 Å². The Labute approximate surface area is 194 Å². The normalized spacial score (nSPS) is 10.5. The molecule has 170 valence electrons. The van der Waals surface area contributed by atoms with Crippen LogP contribution in [0.2, 0.25) is 0 Å². The Bertz CT molecular complexity index is 1430. The van der Waals surface area contributed by atoms with Crippen LogP contribution in [0.1, 0.15) is 10.4 Å². The molecule has 0 radical (unpaired) electrons. The van der Waals surface area contributed by atoms with Crippen LogP contribution in [0.25, 0.3) is 22.4 Å². The Morgan fingerprint density at radius 3 is 2.21 bits per heavy atom. The van der Waals surface area contributed by atoms with E-state index in [1.54, 1.807) is 24.3 Å². The summed E-state index contributed by atoms with van der Waals surface area (Å²) in [5.74, 6) is -0.520. The third kappa shape index (κ3) is 4.26. The van der Waals surface area contributed by atoms with Crippen molar-refractivity contribution >= 4 is 17.3 Å². The molecule has 4 rings (SSSR count). The highest BCUT2D eigenvalue weighted by atomic mass is 16.6. The molecule has 0 spiro atoms. The number of carbonyl (C=O) groups excluding carboxylic acids is 1. The number of hydrogen-bond acceptors (Lipinski definition) is 6. The molecule has 0 saturated heterocycles. The van der Waals surface area contributed by atoms with Gasteiger partial charge in [-0.15, -0.1) is 0 Å². The molecule has 1 heterocycles. The third-order valence-corrected chi connectivity index (χ3v) is 5.23. The Hall–Kier alpha value is -4.79. The minimum atomic E-state index is -0.785. The van der Waals surface area contributed by atoms with Crippen molar-refractivity contribution in [3.63, 3.8) is 0 Å². The van der Waals surface area contributed by atoms with E-state index < -0.39 is 16.4 Å². The molecule has 1 aromatic heterocycles. The molecule has 0 aliphatic rings. The molecule has 0 atom stereocenters. The number of nitro groups is 1. The van der Waals surface area contributed by atoms with Crippen LogP contribution in [-0.2, 0) is 7.05 Å². The van der Waals surface area contributed by atoms with Crippen molar-refractivity contribution < 1.29 is 14.5 Å². The quantitative estimate of drug-likeness (QED) is 0.342. The number of ether oxygens (including phenoxy) is 1. The summed E-state index contributed by atoms with van der Waals surface area (Å²) in [5.41, 5.74) is 0.868. The fourth-order valence-corrected chi connectivity index (χ4v) is 3.61. The van der Waals surface area contributed by atoms with Crippen molar-refractivity contribution in [2.45, 2.75) is 0 Å². The highest BCUT2D eigenvalue weighted by Gasteiger charge is 2.26. The molecule has 34 heavy (non-hydrogen) atoms. The summed E-state index contributed by atoms with van der Waals surface area (Å²) >= 11 is 0. The first-order valence-electron chi connectivity index (χ1n) is 10.3. The average Bonchev–Trinajstić information content (AvgIpc) is 2.86. The van der Waals surface area contributed by atoms with Gasteiger partial charge in [0.2, 0.25) is 0 Å². The van der Waals surface area contributed by atoms with Gasteiger partial charge in [0.1, 0.15) is 17.0 Å². The molecular weight excluding hydrogens is 436 g/mol. The van der Waals surface area contributed by atoms with Crippen molar-refractivity contribution in [2.24, 2.45) is 7.05 Å². The van der Waals surface area contributed by atoms with E-state index in [9.17, 15) is 19.7 Å². The number of aryl methyl sites for hydroxylation is 1. The van der Waals surface area contributed by atoms with Crippen LogP contribution in [0.4, 0.5) is 11.4 Å². The molecule has 0 unspecified atom stereocenters. The molecule has 0 bridgehead atoms. The topological polar surface area (TPSA) is 116 Å². The van der Waals surface area contributed by atoms with Gasteiger partial charge in [-0.2, -0.15) is 5.10 Å². The lowest BCUT2D eigenvalue weighted by molar-refractivity contribution is -0.384. The van der Waals surface area contributed by atoms with Gasteiger partial charge in [-0.1, -0.05) is 60.7 Å². The smallest absolute Gasteiger partial charge is 0.296 e. The van der Waals surface area contributed by atoms with Crippen LogP contribution in [0.15, 0.2) is 83.7 Å². The van der Waals surface area contributed by atoms with Crippen LogP contribution in [0.3, 0.4) is 0 Å². The summed E-state index contributed by atoms with van der Waals surface area (Å²) in [6, 6.07) is 22.2. The maximum absolute atomic E-state index is 13.5. The van der Waals surface area contributed by atoms with Gasteiger partial charge in [0.15, 0.2) is 0 Å². The number of amides is 1. The van der Waals surface area contributed by atoms with Crippen LogP contribution < -0.4 is 15.6 Å². The SMILES string of the molecule is COc1ccc(NC(=O)c2c(-c3ccccc3)c(-c3ccccc3)nn(C)c2=O)c([N+](=O)[O-])c1. The van der Waals surface area contributed by atoms with Gasteiger partial charge in [-0.05, 0) is 17.7 Å². The van der Waals surface area contributed by atoms with Gasteiger partial charge in [-0.3, -0.25) is 19.7 Å². The van der Waals surface area contributed by atoms with Crippen molar-refractivity contribution in [3.8, 4) is 28.1 Å². The first-order chi connectivity index (χ1) is 16.4. The molecule has 0 saturated carbocycles. The summed E-state index contributed by atoms with van der Waals surface area (Å²) in [7, 11) is 2.84. The first kappa shape index (κ1) is 22.4. The van der Waals surface area contributed by atoms with Crippen LogP contribution >= 0.6 is 0 Å². The standard InChI is InChI=1S/C25H20N4O5/c1-28-25(31)22(24(30)26-19-14-13-18(34-2)15-20(19)29(32)33)21(16-9-5-3-6-10-16)23(27-28)17-11-7-4-8-12-17/h3-15H,1-2H3,(H,26,30). The van der Waals surface area contributed by atoms with Crippen molar-refractivity contribution in [1.29, 1.82) is 0 Å². The van der Waals surface area contributed by atoms with Gasteiger partial charge in [0.05, 0.1) is 23.8 Å². The van der Waals surface area contributed by atoms with Gasteiger partial charge < -0.3 is 10.1 Å². The van der Waals surface area contributed by atoms with Crippen molar-refractivity contribution in [2.75, 3.05) is 12.4 Å². The van der Waals surface area contributed by atoms with E-state index in [0.29, 0.717) is 22.4 Å². The number of anilines is 1. The number of benzene rings is 3. The molecule has 0 aliphatic carbocycles. The third-order valence-electron chi connectivity index (χ3n) is 5.23. The fourth-order valence-electron chi connectivity index (χ4n) is 3.61. The second-order valence-corrected chi connectivity index (χ2v) is 7.35. The van der Waals surface area contributed by atoms with Gasteiger partial charge in [0, 0.05) is 18.2 Å². The summed E-state index contributed by atoms with van der Waals surface area (Å²) in [5, 5.41) is 18.6. The van der Waals surface area contributed by atoms with Crippen molar-refractivity contribution in [3.05, 3.63) is 105 Å². The molecule has 3 aromatic carbocycles. The molecule has 0 aliphatic heterocycles. The lowest BCUT2D eigenvalue weighted by Crippen LogP contribution is -2.31. The lowest BCUT2D eigenvalue weighted by atomic mass is 9.95. The van der Waals surface area contributed by atoms with E-state index >= 15 is 0 Å². The molecular formula is C25H20N4O5. The minimum Gasteiger partial charge on any atom is -0.496 e. The Kier molecular flexibility index (Phi) is 6.18. The first-order valence-corrected chi connectivity index (χ1v) is 10.3. The molecule has 9 nitrogen and oxygen atoms in total. The number of carbonyl (C=O) groups is 1. The van der Waals surface area contributed by atoms with Crippen molar-refractivity contribution in [1.82, 2.24) is 9.78 Å². The number of nitrogens with one attached hydrogen (secondary N) is 1. The zero-order valence-corrected chi connectivity index (χ0v) is 18.4. The van der Waals surface area contributed by atoms with E-state index in [2.05, 4.69) is 10.4 Å². The Morgan fingerprint density at radius 2 is 1.62 bits per heavy atom. The largest absolute Gasteiger partial charge is 0.496 e.